The lowest BCUT2D eigenvalue weighted by atomic mass is 9.99. The van der Waals surface area contributed by atoms with Gasteiger partial charge in [-0.2, -0.15) is 0 Å². The number of aliphatic hydroxyl groups is 1. The van der Waals surface area contributed by atoms with Crippen LogP contribution in [-0.4, -0.2) is 75.6 Å². The van der Waals surface area contributed by atoms with Crippen molar-refractivity contribution in [3.8, 4) is 17.0 Å². The average molecular weight is 493 g/mol. The number of aromatic nitrogens is 2. The van der Waals surface area contributed by atoms with Gasteiger partial charge in [-0.15, -0.1) is 0 Å². The van der Waals surface area contributed by atoms with Gasteiger partial charge in [0.15, 0.2) is 0 Å². The number of carbonyl (C=O) groups is 2. The van der Waals surface area contributed by atoms with Gasteiger partial charge in [0.25, 0.3) is 11.8 Å². The van der Waals surface area contributed by atoms with Gasteiger partial charge in [0.2, 0.25) is 5.88 Å². The van der Waals surface area contributed by atoms with Gasteiger partial charge in [-0.3, -0.25) is 14.6 Å². The normalized spacial score (nSPS) is 18.5. The molecule has 0 bridgehead atoms. The van der Waals surface area contributed by atoms with Crippen molar-refractivity contribution in [2.45, 2.75) is 26.0 Å². The SMILES string of the molecule is C[C@@H]1CN([C@H](C)CO)C(=O)c2cc(-c3ccc(F)cc3)cnc2O[C@@H]1CN(C)C(=O)c1ccccn1. The molecule has 0 saturated carbocycles. The standard InChI is InChI=1S/C27H29FN4O4/c1-17-14-32(18(2)16-33)26(34)22-12-20(19-7-9-21(28)10-8-19)13-30-25(22)36-24(17)15-31(3)27(35)23-6-4-5-11-29-23/h4-13,17-18,24,33H,14-16H2,1-3H3/t17-,18-,24-/m1/s1. The number of nitrogens with zero attached hydrogens (tertiary/aromatic N) is 4. The Morgan fingerprint density at radius 3 is 2.64 bits per heavy atom. The number of hydrogen-bond donors (Lipinski definition) is 1. The molecule has 2 amide bonds. The van der Waals surface area contributed by atoms with Gasteiger partial charge in [0, 0.05) is 37.5 Å². The van der Waals surface area contributed by atoms with E-state index in [0.717, 1.165) is 0 Å². The summed E-state index contributed by atoms with van der Waals surface area (Å²) >= 11 is 0. The Hall–Kier alpha value is -3.85. The van der Waals surface area contributed by atoms with Crippen LogP contribution in [0.4, 0.5) is 4.39 Å². The van der Waals surface area contributed by atoms with Gasteiger partial charge in [-0.1, -0.05) is 25.1 Å². The van der Waals surface area contributed by atoms with Crippen molar-refractivity contribution in [3.05, 3.63) is 78.0 Å². The van der Waals surface area contributed by atoms with Gasteiger partial charge in [0.05, 0.1) is 19.2 Å². The summed E-state index contributed by atoms with van der Waals surface area (Å²) in [6.45, 7) is 4.06. The molecule has 9 heteroatoms. The maximum atomic E-state index is 13.6. The number of hydrogen-bond acceptors (Lipinski definition) is 6. The number of pyridine rings is 2. The molecule has 1 aromatic carbocycles. The van der Waals surface area contributed by atoms with Crippen molar-refractivity contribution < 1.29 is 23.8 Å². The molecular formula is C27H29FN4O4. The van der Waals surface area contributed by atoms with E-state index >= 15 is 0 Å². The van der Waals surface area contributed by atoms with Gasteiger partial charge < -0.3 is 19.6 Å². The molecule has 0 aliphatic carbocycles. The Morgan fingerprint density at radius 1 is 1.22 bits per heavy atom. The van der Waals surface area contributed by atoms with Crippen LogP contribution in [0.3, 0.4) is 0 Å². The number of carbonyl (C=O) groups excluding carboxylic acids is 2. The predicted molar refractivity (Wildman–Crippen MR) is 132 cm³/mol. The van der Waals surface area contributed by atoms with E-state index < -0.39 is 12.1 Å². The molecule has 2 aromatic heterocycles. The summed E-state index contributed by atoms with van der Waals surface area (Å²) in [5, 5.41) is 9.83. The van der Waals surface area contributed by atoms with Crippen LogP contribution in [0.5, 0.6) is 5.88 Å². The van der Waals surface area contributed by atoms with Crippen LogP contribution in [0.1, 0.15) is 34.7 Å². The summed E-state index contributed by atoms with van der Waals surface area (Å²) in [7, 11) is 1.68. The fourth-order valence-electron chi connectivity index (χ4n) is 4.16. The number of benzene rings is 1. The van der Waals surface area contributed by atoms with Crippen molar-refractivity contribution in [1.82, 2.24) is 19.8 Å². The van der Waals surface area contributed by atoms with Crippen LogP contribution >= 0.6 is 0 Å². The van der Waals surface area contributed by atoms with Crippen LogP contribution in [0.2, 0.25) is 0 Å². The molecule has 1 N–H and O–H groups in total. The molecule has 188 valence electrons. The van der Waals surface area contributed by atoms with E-state index in [1.165, 1.54) is 12.1 Å². The van der Waals surface area contributed by atoms with E-state index in [-0.39, 0.29) is 48.1 Å². The van der Waals surface area contributed by atoms with E-state index in [1.54, 1.807) is 72.6 Å². The first-order valence-electron chi connectivity index (χ1n) is 11.8. The topological polar surface area (TPSA) is 95.9 Å². The zero-order chi connectivity index (χ0) is 25.8. The Bertz CT molecular complexity index is 1220. The van der Waals surface area contributed by atoms with Crippen LogP contribution in [0, 0.1) is 11.7 Å². The van der Waals surface area contributed by atoms with E-state index in [2.05, 4.69) is 9.97 Å². The van der Waals surface area contributed by atoms with Gasteiger partial charge in [-0.05, 0) is 42.8 Å². The largest absolute Gasteiger partial charge is 0.472 e. The van der Waals surface area contributed by atoms with E-state index in [4.69, 9.17) is 4.74 Å². The maximum Gasteiger partial charge on any atom is 0.272 e. The lowest BCUT2D eigenvalue weighted by Gasteiger charge is -2.37. The summed E-state index contributed by atoms with van der Waals surface area (Å²) in [5.74, 6) is -0.942. The zero-order valence-electron chi connectivity index (χ0n) is 20.5. The zero-order valence-corrected chi connectivity index (χ0v) is 20.5. The molecule has 0 spiro atoms. The Morgan fingerprint density at radius 2 is 1.97 bits per heavy atom. The highest BCUT2D eigenvalue weighted by molar-refractivity contribution is 5.98. The van der Waals surface area contributed by atoms with Crippen molar-refractivity contribution in [1.29, 1.82) is 0 Å². The molecule has 0 unspecified atom stereocenters. The smallest absolute Gasteiger partial charge is 0.272 e. The number of fused-ring (bicyclic) bond motifs is 1. The third-order valence-electron chi connectivity index (χ3n) is 6.38. The van der Waals surface area contributed by atoms with Gasteiger partial charge in [0.1, 0.15) is 23.2 Å². The summed E-state index contributed by atoms with van der Waals surface area (Å²) in [5.41, 5.74) is 1.91. The molecule has 0 saturated heterocycles. The molecule has 8 nitrogen and oxygen atoms in total. The summed E-state index contributed by atoms with van der Waals surface area (Å²) < 4.78 is 19.7. The van der Waals surface area contributed by atoms with Crippen molar-refractivity contribution in [2.24, 2.45) is 5.92 Å². The first-order valence-corrected chi connectivity index (χ1v) is 11.8. The van der Waals surface area contributed by atoms with Gasteiger partial charge >= 0.3 is 0 Å². The minimum Gasteiger partial charge on any atom is -0.472 e. The predicted octanol–water partition coefficient (Wildman–Crippen LogP) is 3.28. The number of amides is 2. The molecule has 3 heterocycles. The monoisotopic (exact) mass is 492 g/mol. The molecule has 0 radical (unpaired) electrons. The molecule has 1 aliphatic heterocycles. The van der Waals surface area contributed by atoms with E-state index in [0.29, 0.717) is 23.4 Å². The third-order valence-corrected chi connectivity index (χ3v) is 6.38. The van der Waals surface area contributed by atoms with E-state index in [1.807, 2.05) is 6.92 Å². The molecule has 3 aromatic rings. The summed E-state index contributed by atoms with van der Waals surface area (Å²) in [6.07, 6.45) is 2.66. The average Bonchev–Trinajstić information content (AvgIpc) is 2.90. The summed E-state index contributed by atoms with van der Waals surface area (Å²) in [6, 6.07) is 12.3. The fourth-order valence-corrected chi connectivity index (χ4v) is 4.16. The molecular weight excluding hydrogens is 463 g/mol. The Balaban J connectivity index is 1.68. The molecule has 1 aliphatic rings. The van der Waals surface area contributed by atoms with Crippen LogP contribution in [0.25, 0.3) is 11.1 Å². The molecule has 0 fully saturated rings. The first kappa shape index (κ1) is 25.2. The second-order valence-electron chi connectivity index (χ2n) is 9.11. The minimum atomic E-state index is -0.480. The molecule has 4 rings (SSSR count). The van der Waals surface area contributed by atoms with Crippen molar-refractivity contribution >= 4 is 11.8 Å². The minimum absolute atomic E-state index is 0.149. The quantitative estimate of drug-likeness (QED) is 0.568. The summed E-state index contributed by atoms with van der Waals surface area (Å²) in [4.78, 5) is 38.2. The van der Waals surface area contributed by atoms with Gasteiger partial charge in [-0.25, -0.2) is 9.37 Å². The lowest BCUT2D eigenvalue weighted by Crippen LogP contribution is -2.50. The second-order valence-corrected chi connectivity index (χ2v) is 9.11. The highest BCUT2D eigenvalue weighted by Gasteiger charge is 2.35. The van der Waals surface area contributed by atoms with Crippen molar-refractivity contribution in [3.63, 3.8) is 0 Å². The van der Waals surface area contributed by atoms with Crippen LogP contribution in [-0.2, 0) is 0 Å². The number of likely N-dealkylation sites (N-methyl/N-ethyl adjacent to an activating group) is 1. The molecule has 36 heavy (non-hydrogen) atoms. The Kier molecular flexibility index (Phi) is 7.59. The highest BCUT2D eigenvalue weighted by Crippen LogP contribution is 2.30. The highest BCUT2D eigenvalue weighted by atomic mass is 19.1. The maximum absolute atomic E-state index is 13.6. The second kappa shape index (κ2) is 10.8. The van der Waals surface area contributed by atoms with Crippen molar-refractivity contribution in [2.75, 3.05) is 26.7 Å². The lowest BCUT2D eigenvalue weighted by molar-refractivity contribution is 0.0312. The third kappa shape index (κ3) is 5.36. The number of ether oxygens (including phenoxy) is 1. The number of halogens is 1. The Labute approximate surface area is 209 Å². The molecule has 3 atom stereocenters. The fraction of sp³-hybridized carbons (Fsp3) is 0.333. The van der Waals surface area contributed by atoms with E-state index in [9.17, 15) is 19.1 Å². The van der Waals surface area contributed by atoms with Crippen LogP contribution < -0.4 is 4.74 Å². The number of aliphatic hydroxyl groups excluding tert-OH is 1. The first-order chi connectivity index (χ1) is 17.3. The van der Waals surface area contributed by atoms with Crippen LogP contribution in [0.15, 0.2) is 60.9 Å². The number of rotatable bonds is 6.